The molecule has 2 atom stereocenters. The quantitative estimate of drug-likeness (QED) is 0.186. The van der Waals surface area contributed by atoms with Gasteiger partial charge in [0.25, 0.3) is 17.5 Å². The Hall–Kier alpha value is -4.41. The molecule has 1 N–H and O–H groups in total. The molecule has 2 aliphatic rings. The lowest BCUT2D eigenvalue weighted by atomic mass is 10.0. The summed E-state index contributed by atoms with van der Waals surface area (Å²) in [5, 5.41) is 12.6. The fourth-order valence-electron chi connectivity index (χ4n) is 3.62. The van der Waals surface area contributed by atoms with Gasteiger partial charge in [-0.2, -0.15) is 0 Å². The Bertz CT molecular complexity index is 1300. The number of nitrogens with one attached hydrogen (secondary N) is 1. The maximum Gasteiger partial charge on any atom is 0.355 e. The van der Waals surface area contributed by atoms with E-state index in [0.29, 0.717) is 11.3 Å². The van der Waals surface area contributed by atoms with Gasteiger partial charge >= 0.3 is 5.97 Å². The zero-order valence-corrected chi connectivity index (χ0v) is 19.7. The molecule has 0 bridgehead atoms. The number of fused-ring (bicyclic) bond motifs is 1. The average Bonchev–Trinajstić information content (AvgIpc) is 2.89. The molecule has 184 valence electrons. The lowest BCUT2D eigenvalue weighted by molar-refractivity contribution is -0.384. The van der Waals surface area contributed by atoms with E-state index in [-0.39, 0.29) is 35.1 Å². The number of hydrogen-bond donors (Lipinski definition) is 1. The third-order valence-electron chi connectivity index (χ3n) is 5.45. The number of hydrogen-bond acceptors (Lipinski definition) is 9. The van der Waals surface area contributed by atoms with Crippen LogP contribution in [0.3, 0.4) is 0 Å². The molecule has 1 saturated heterocycles. The molecule has 12 heteroatoms. The topological polar surface area (TPSA) is 145 Å². The first kappa shape index (κ1) is 24.7. The molecule has 1 unspecified atom stereocenters. The Balaban J connectivity index is 1.42. The van der Waals surface area contributed by atoms with Crippen LogP contribution < -0.4 is 10.1 Å². The number of allylic oxidation sites excluding steroid dienone is 1. The van der Waals surface area contributed by atoms with Crippen LogP contribution in [0.1, 0.15) is 12.5 Å². The normalized spacial score (nSPS) is 18.5. The van der Waals surface area contributed by atoms with Gasteiger partial charge in [-0.25, -0.2) is 9.59 Å². The van der Waals surface area contributed by atoms with E-state index in [1.165, 1.54) is 36.1 Å². The monoisotopic (exact) mass is 509 g/mol. The number of carbonyl (C=O) groups excluding carboxylic acids is 4. The second-order valence-corrected chi connectivity index (χ2v) is 8.89. The number of amides is 2. The van der Waals surface area contributed by atoms with Crippen LogP contribution in [0, 0.1) is 10.1 Å². The number of nitrogens with zero attached hydrogens (tertiary/aromatic N) is 2. The van der Waals surface area contributed by atoms with Gasteiger partial charge in [-0.15, -0.1) is 0 Å². The molecule has 2 heterocycles. The molecule has 0 saturated carbocycles. The summed E-state index contributed by atoms with van der Waals surface area (Å²) >= 11 is 1.01. The molecule has 2 amide bonds. The summed E-state index contributed by atoms with van der Waals surface area (Å²) in [6, 6.07) is 13.2. The van der Waals surface area contributed by atoms with Crippen molar-refractivity contribution in [1.29, 1.82) is 0 Å². The predicted octanol–water partition coefficient (Wildman–Crippen LogP) is 2.11. The van der Waals surface area contributed by atoms with Crippen molar-refractivity contribution in [1.82, 2.24) is 10.2 Å². The maximum absolute atomic E-state index is 12.9. The summed E-state index contributed by atoms with van der Waals surface area (Å²) in [6.45, 7) is 0.976. The van der Waals surface area contributed by atoms with Crippen LogP contribution >= 0.6 is 11.8 Å². The van der Waals surface area contributed by atoms with Gasteiger partial charge in [0, 0.05) is 17.7 Å². The molecule has 0 spiro atoms. The van der Waals surface area contributed by atoms with Crippen LogP contribution in [0.4, 0.5) is 5.69 Å². The highest BCUT2D eigenvalue weighted by molar-refractivity contribution is 8.04. The number of esters is 1. The van der Waals surface area contributed by atoms with Crippen LogP contribution in [0.5, 0.6) is 5.75 Å². The van der Waals surface area contributed by atoms with Gasteiger partial charge < -0.3 is 14.8 Å². The average molecular weight is 509 g/mol. The van der Waals surface area contributed by atoms with E-state index in [1.807, 2.05) is 0 Å². The second kappa shape index (κ2) is 10.5. The maximum atomic E-state index is 12.9. The molecule has 1 fully saturated rings. The molecule has 0 aliphatic carbocycles. The zero-order valence-electron chi connectivity index (χ0n) is 18.8. The number of non-ortho nitro benzene ring substituents is 1. The number of thioether (sulfide) groups is 1. The van der Waals surface area contributed by atoms with E-state index in [9.17, 15) is 29.3 Å². The van der Waals surface area contributed by atoms with Crippen LogP contribution in [0.2, 0.25) is 0 Å². The molecule has 0 radical (unpaired) electrons. The molecule has 36 heavy (non-hydrogen) atoms. The number of para-hydroxylation sites is 1. The zero-order chi connectivity index (χ0) is 25.8. The van der Waals surface area contributed by atoms with Crippen molar-refractivity contribution in [3.63, 3.8) is 0 Å². The van der Waals surface area contributed by atoms with Gasteiger partial charge in [0.1, 0.15) is 35.4 Å². The van der Waals surface area contributed by atoms with E-state index in [4.69, 9.17) is 9.47 Å². The molecule has 4 rings (SSSR count). The van der Waals surface area contributed by atoms with Crippen molar-refractivity contribution in [3.8, 4) is 5.75 Å². The number of β-lactam (4-membered cyclic amide) rings is 1. The van der Waals surface area contributed by atoms with Crippen molar-refractivity contribution < 1.29 is 33.6 Å². The minimum absolute atomic E-state index is 0.107. The van der Waals surface area contributed by atoms with Crippen molar-refractivity contribution in [2.24, 2.45) is 0 Å². The summed E-state index contributed by atoms with van der Waals surface area (Å²) in [5.41, 5.74) is 0.504. The SMILES string of the molecule is CC1=C(C(=O)OCc2ccc([N+](=O)[O-])cc2)N2C(=O)C(NC(=O)COc3ccccc3)[C@H]2SC1=C=O. The van der Waals surface area contributed by atoms with Gasteiger partial charge in [-0.3, -0.25) is 24.6 Å². The molecular weight excluding hydrogens is 490 g/mol. The Morgan fingerprint density at radius 3 is 2.50 bits per heavy atom. The van der Waals surface area contributed by atoms with Crippen molar-refractivity contribution in [2.75, 3.05) is 6.61 Å². The van der Waals surface area contributed by atoms with E-state index < -0.39 is 34.1 Å². The lowest BCUT2D eigenvalue weighted by Crippen LogP contribution is -2.70. The van der Waals surface area contributed by atoms with Crippen LogP contribution in [0.25, 0.3) is 0 Å². The molecule has 0 aromatic heterocycles. The van der Waals surface area contributed by atoms with Crippen molar-refractivity contribution >= 4 is 41.2 Å². The molecule has 11 nitrogen and oxygen atoms in total. The third-order valence-corrected chi connectivity index (χ3v) is 6.80. The van der Waals surface area contributed by atoms with Gasteiger partial charge in [-0.05, 0) is 36.8 Å². The summed E-state index contributed by atoms with van der Waals surface area (Å²) in [7, 11) is 0. The molecule has 2 aromatic rings. The highest BCUT2D eigenvalue weighted by Gasteiger charge is 2.55. The number of rotatable bonds is 8. The fourth-order valence-corrected chi connectivity index (χ4v) is 4.81. The Morgan fingerprint density at radius 1 is 1.17 bits per heavy atom. The minimum atomic E-state index is -0.976. The summed E-state index contributed by atoms with van der Waals surface area (Å²) in [4.78, 5) is 61.2. The number of benzene rings is 2. The summed E-state index contributed by atoms with van der Waals surface area (Å²) in [5.74, 6) is 0.337. The van der Waals surface area contributed by atoms with Crippen LogP contribution in [-0.4, -0.2) is 51.6 Å². The van der Waals surface area contributed by atoms with E-state index in [0.717, 1.165) is 11.8 Å². The molecular formula is C24H19N3O8S. The Morgan fingerprint density at radius 2 is 1.86 bits per heavy atom. The fraction of sp³-hybridized carbons (Fsp3) is 0.208. The highest BCUT2D eigenvalue weighted by atomic mass is 32.2. The van der Waals surface area contributed by atoms with Crippen molar-refractivity contribution in [2.45, 2.75) is 24.9 Å². The van der Waals surface area contributed by atoms with Gasteiger partial charge in [0.15, 0.2) is 6.61 Å². The number of nitro groups is 1. The standard InChI is InChI=1S/C24H19N3O8S/c1-14-18(11-28)36-23-20(25-19(29)13-34-17-5-3-2-4-6-17)22(30)26(23)21(14)24(31)35-12-15-7-9-16(10-8-15)27(32)33/h2-10,20,23H,12-13H2,1H3,(H,25,29)/t20?,23-/m1/s1. The highest BCUT2D eigenvalue weighted by Crippen LogP contribution is 2.45. The van der Waals surface area contributed by atoms with Crippen molar-refractivity contribution in [3.05, 3.63) is 86.5 Å². The minimum Gasteiger partial charge on any atom is -0.484 e. The van der Waals surface area contributed by atoms with E-state index in [2.05, 4.69) is 5.32 Å². The number of ether oxygens (including phenoxy) is 2. The second-order valence-electron chi connectivity index (χ2n) is 7.77. The van der Waals surface area contributed by atoms with E-state index in [1.54, 1.807) is 36.3 Å². The summed E-state index contributed by atoms with van der Waals surface area (Å²) < 4.78 is 10.7. The van der Waals surface area contributed by atoms with Gasteiger partial charge in [0.2, 0.25) is 0 Å². The van der Waals surface area contributed by atoms with Crippen LogP contribution in [-0.2, 0) is 30.5 Å². The first-order chi connectivity index (χ1) is 17.3. The summed E-state index contributed by atoms with van der Waals surface area (Å²) in [6.07, 6.45) is 0. The Kier molecular flexibility index (Phi) is 7.18. The van der Waals surface area contributed by atoms with Crippen LogP contribution in [0.15, 0.2) is 70.8 Å². The number of nitro benzene ring substituents is 1. The largest absolute Gasteiger partial charge is 0.484 e. The predicted molar refractivity (Wildman–Crippen MR) is 127 cm³/mol. The first-order valence-corrected chi connectivity index (χ1v) is 11.5. The number of carbonyl (C=O) groups is 3. The smallest absolute Gasteiger partial charge is 0.355 e. The lowest BCUT2D eigenvalue weighted by Gasteiger charge is -2.49. The molecule has 2 aliphatic heterocycles. The van der Waals surface area contributed by atoms with Gasteiger partial charge in [-0.1, -0.05) is 30.0 Å². The van der Waals surface area contributed by atoms with E-state index >= 15 is 0 Å². The Labute approximate surface area is 208 Å². The molecule has 2 aromatic carbocycles. The third kappa shape index (κ3) is 4.99. The van der Waals surface area contributed by atoms with Gasteiger partial charge in [0.05, 0.1) is 9.83 Å². The first-order valence-electron chi connectivity index (χ1n) is 10.6.